The van der Waals surface area contributed by atoms with Gasteiger partial charge in [-0.1, -0.05) is 19.0 Å². The van der Waals surface area contributed by atoms with Gasteiger partial charge in [-0.25, -0.2) is 0 Å². The monoisotopic (exact) mass is 279 g/mol. The Kier molecular flexibility index (Phi) is 3.50. The van der Waals surface area contributed by atoms with Crippen molar-refractivity contribution in [3.05, 3.63) is 11.7 Å². The molecule has 2 saturated heterocycles. The number of hydrogen-bond acceptors (Lipinski definition) is 5. The maximum absolute atomic E-state index is 11.2. The molecule has 2 fully saturated rings. The quantitative estimate of drug-likeness (QED) is 0.883. The van der Waals surface area contributed by atoms with E-state index in [4.69, 9.17) is 4.52 Å². The highest BCUT2D eigenvalue weighted by molar-refractivity contribution is 5.71. The number of carboxylic acids is 1. The SMILES string of the molecule is CC(C)Cc1noc(CN2C3CCC2C(C(=O)O)C3)n1. The van der Waals surface area contributed by atoms with Crippen molar-refractivity contribution in [1.82, 2.24) is 15.0 Å². The zero-order valence-corrected chi connectivity index (χ0v) is 12.0. The van der Waals surface area contributed by atoms with E-state index in [0.717, 1.165) is 31.5 Å². The number of carboxylic acid groups (broad SMARTS) is 1. The molecule has 0 aliphatic carbocycles. The van der Waals surface area contributed by atoms with Crippen LogP contribution < -0.4 is 0 Å². The third-order valence-corrected chi connectivity index (χ3v) is 4.42. The first kappa shape index (κ1) is 13.5. The zero-order chi connectivity index (χ0) is 14.3. The first-order valence-electron chi connectivity index (χ1n) is 7.34. The number of carbonyl (C=O) groups is 1. The first-order chi connectivity index (χ1) is 9.54. The van der Waals surface area contributed by atoms with Crippen molar-refractivity contribution < 1.29 is 14.4 Å². The Morgan fingerprint density at radius 2 is 2.30 bits per heavy atom. The Hall–Kier alpha value is -1.43. The summed E-state index contributed by atoms with van der Waals surface area (Å²) in [6.45, 7) is 4.83. The second-order valence-electron chi connectivity index (χ2n) is 6.35. The Morgan fingerprint density at radius 1 is 1.50 bits per heavy atom. The zero-order valence-electron chi connectivity index (χ0n) is 12.0. The van der Waals surface area contributed by atoms with E-state index in [0.29, 0.717) is 24.4 Å². The number of aliphatic carboxylic acids is 1. The van der Waals surface area contributed by atoms with Crippen molar-refractivity contribution in [3.8, 4) is 0 Å². The lowest BCUT2D eigenvalue weighted by molar-refractivity contribution is -0.142. The van der Waals surface area contributed by atoms with E-state index < -0.39 is 5.97 Å². The van der Waals surface area contributed by atoms with Gasteiger partial charge < -0.3 is 9.63 Å². The lowest BCUT2D eigenvalue weighted by Gasteiger charge is -2.20. The topological polar surface area (TPSA) is 79.5 Å². The molecule has 6 heteroatoms. The molecule has 6 nitrogen and oxygen atoms in total. The van der Waals surface area contributed by atoms with Crippen LogP contribution in [0.4, 0.5) is 0 Å². The summed E-state index contributed by atoms with van der Waals surface area (Å²) in [4.78, 5) is 17.9. The minimum Gasteiger partial charge on any atom is -0.481 e. The Balaban J connectivity index is 1.66. The van der Waals surface area contributed by atoms with Crippen molar-refractivity contribution >= 4 is 5.97 Å². The molecular weight excluding hydrogens is 258 g/mol. The Morgan fingerprint density at radius 3 is 2.95 bits per heavy atom. The minimum absolute atomic E-state index is 0.137. The van der Waals surface area contributed by atoms with Crippen LogP contribution in [0.2, 0.25) is 0 Å². The average molecular weight is 279 g/mol. The fraction of sp³-hybridized carbons (Fsp3) is 0.786. The van der Waals surface area contributed by atoms with E-state index in [1.807, 2.05) is 0 Å². The number of hydrogen-bond donors (Lipinski definition) is 1. The largest absolute Gasteiger partial charge is 0.481 e. The predicted octanol–water partition coefficient (Wildman–Crippen LogP) is 1.71. The van der Waals surface area contributed by atoms with Gasteiger partial charge in [0.1, 0.15) is 0 Å². The van der Waals surface area contributed by atoms with Crippen LogP contribution in [0.3, 0.4) is 0 Å². The fourth-order valence-electron chi connectivity index (χ4n) is 3.57. The van der Waals surface area contributed by atoms with Crippen molar-refractivity contribution in [3.63, 3.8) is 0 Å². The van der Waals surface area contributed by atoms with Crippen LogP contribution >= 0.6 is 0 Å². The van der Waals surface area contributed by atoms with Gasteiger partial charge in [-0.05, 0) is 25.2 Å². The highest BCUT2D eigenvalue weighted by Gasteiger charge is 2.49. The Labute approximate surface area is 118 Å². The summed E-state index contributed by atoms with van der Waals surface area (Å²) in [5.41, 5.74) is 0. The standard InChI is InChI=1S/C14H21N3O3/c1-8(2)5-12-15-13(20-16-12)7-17-9-3-4-11(17)10(6-9)14(18)19/h8-11H,3-7H2,1-2H3,(H,18,19). The van der Waals surface area contributed by atoms with Gasteiger partial charge >= 0.3 is 5.97 Å². The molecule has 1 N–H and O–H groups in total. The summed E-state index contributed by atoms with van der Waals surface area (Å²) in [6.07, 6.45) is 3.62. The number of nitrogens with zero attached hydrogens (tertiary/aromatic N) is 3. The van der Waals surface area contributed by atoms with Crippen molar-refractivity contribution in [2.45, 2.75) is 58.2 Å². The van der Waals surface area contributed by atoms with Gasteiger partial charge in [-0.3, -0.25) is 9.69 Å². The summed E-state index contributed by atoms with van der Waals surface area (Å²) >= 11 is 0. The van der Waals surface area contributed by atoms with Crippen molar-refractivity contribution in [2.24, 2.45) is 11.8 Å². The molecule has 3 heterocycles. The van der Waals surface area contributed by atoms with E-state index in [2.05, 4.69) is 28.9 Å². The van der Waals surface area contributed by atoms with Gasteiger partial charge in [0.2, 0.25) is 5.89 Å². The van der Waals surface area contributed by atoms with Gasteiger partial charge in [0.15, 0.2) is 5.82 Å². The second-order valence-corrected chi connectivity index (χ2v) is 6.35. The molecule has 1 aromatic heterocycles. The van der Waals surface area contributed by atoms with Crippen LogP contribution in [0.25, 0.3) is 0 Å². The summed E-state index contributed by atoms with van der Waals surface area (Å²) < 4.78 is 5.30. The van der Waals surface area contributed by atoms with Crippen LogP contribution in [0.15, 0.2) is 4.52 Å². The van der Waals surface area contributed by atoms with Crippen LogP contribution in [-0.4, -0.2) is 38.2 Å². The molecule has 3 unspecified atom stereocenters. The summed E-state index contributed by atoms with van der Waals surface area (Å²) in [5, 5.41) is 13.2. The maximum Gasteiger partial charge on any atom is 0.308 e. The predicted molar refractivity (Wildman–Crippen MR) is 70.9 cm³/mol. The lowest BCUT2D eigenvalue weighted by atomic mass is 9.89. The van der Waals surface area contributed by atoms with Gasteiger partial charge in [0.25, 0.3) is 0 Å². The summed E-state index contributed by atoms with van der Waals surface area (Å²) in [5.74, 6) is 0.958. The molecule has 3 rings (SSSR count). The number of rotatable bonds is 5. The molecule has 2 aliphatic rings. The lowest BCUT2D eigenvalue weighted by Crippen LogP contribution is -2.32. The molecule has 0 aromatic carbocycles. The summed E-state index contributed by atoms with van der Waals surface area (Å²) in [7, 11) is 0. The maximum atomic E-state index is 11.2. The van der Waals surface area contributed by atoms with E-state index in [1.54, 1.807) is 0 Å². The highest BCUT2D eigenvalue weighted by Crippen LogP contribution is 2.42. The smallest absolute Gasteiger partial charge is 0.308 e. The fourth-order valence-corrected chi connectivity index (χ4v) is 3.57. The molecule has 1 aromatic rings. The number of aromatic nitrogens is 2. The summed E-state index contributed by atoms with van der Waals surface area (Å²) in [6, 6.07) is 0.500. The minimum atomic E-state index is -0.673. The van der Waals surface area contributed by atoms with Crippen LogP contribution in [-0.2, 0) is 17.8 Å². The van der Waals surface area contributed by atoms with E-state index in [-0.39, 0.29) is 12.0 Å². The molecule has 20 heavy (non-hydrogen) atoms. The van der Waals surface area contributed by atoms with Crippen LogP contribution in [0.5, 0.6) is 0 Å². The normalized spacial score (nSPS) is 29.4. The molecule has 2 bridgehead atoms. The molecule has 3 atom stereocenters. The number of fused-ring (bicyclic) bond motifs is 2. The van der Waals surface area contributed by atoms with Gasteiger partial charge in [-0.2, -0.15) is 4.98 Å². The Bertz CT molecular complexity index is 500. The molecule has 2 aliphatic heterocycles. The molecular formula is C14H21N3O3. The van der Waals surface area contributed by atoms with Gasteiger partial charge in [0, 0.05) is 18.5 Å². The molecule has 110 valence electrons. The second kappa shape index (κ2) is 5.16. The van der Waals surface area contributed by atoms with Gasteiger partial charge in [-0.15, -0.1) is 0 Å². The molecule has 0 radical (unpaired) electrons. The average Bonchev–Trinajstić information content (AvgIpc) is 3.05. The third kappa shape index (κ3) is 2.44. The van der Waals surface area contributed by atoms with E-state index >= 15 is 0 Å². The van der Waals surface area contributed by atoms with Crippen LogP contribution in [0, 0.1) is 11.8 Å². The molecule has 0 saturated carbocycles. The van der Waals surface area contributed by atoms with Crippen LogP contribution in [0.1, 0.15) is 44.8 Å². The van der Waals surface area contributed by atoms with E-state index in [9.17, 15) is 9.90 Å². The highest BCUT2D eigenvalue weighted by atomic mass is 16.5. The first-order valence-corrected chi connectivity index (χ1v) is 7.34. The van der Waals surface area contributed by atoms with E-state index in [1.165, 1.54) is 0 Å². The van der Waals surface area contributed by atoms with Gasteiger partial charge in [0.05, 0.1) is 12.5 Å². The molecule has 0 spiro atoms. The third-order valence-electron chi connectivity index (χ3n) is 4.42. The van der Waals surface area contributed by atoms with Crippen molar-refractivity contribution in [1.29, 1.82) is 0 Å². The van der Waals surface area contributed by atoms with Crippen molar-refractivity contribution in [2.75, 3.05) is 0 Å². The molecule has 0 amide bonds.